The quantitative estimate of drug-likeness (QED) is 0.772. The predicted molar refractivity (Wildman–Crippen MR) is 67.7 cm³/mol. The van der Waals surface area contributed by atoms with Gasteiger partial charge in [-0.1, -0.05) is 11.3 Å². The molecule has 20 heavy (non-hydrogen) atoms. The number of aromatic nitrogens is 4. The SMILES string of the molecule is O=C(CCn1ccnn1)NCc1ccc(C(=O)O)nc1. The Hall–Kier alpha value is -2.77. The molecule has 0 saturated carbocycles. The Balaban J connectivity index is 1.76. The zero-order valence-electron chi connectivity index (χ0n) is 10.6. The van der Waals surface area contributed by atoms with Gasteiger partial charge in [0.1, 0.15) is 5.69 Å². The number of hydrogen-bond donors (Lipinski definition) is 2. The third kappa shape index (κ3) is 3.87. The fourth-order valence-corrected chi connectivity index (χ4v) is 1.51. The van der Waals surface area contributed by atoms with Crippen LogP contribution in [0.2, 0.25) is 0 Å². The molecule has 8 heteroatoms. The van der Waals surface area contributed by atoms with E-state index in [9.17, 15) is 9.59 Å². The maximum atomic E-state index is 11.6. The number of pyridine rings is 1. The van der Waals surface area contributed by atoms with E-state index >= 15 is 0 Å². The van der Waals surface area contributed by atoms with Crippen molar-refractivity contribution in [2.24, 2.45) is 0 Å². The van der Waals surface area contributed by atoms with Gasteiger partial charge in [-0.15, -0.1) is 5.10 Å². The Morgan fingerprint density at radius 2 is 2.20 bits per heavy atom. The normalized spacial score (nSPS) is 10.2. The Labute approximate surface area is 114 Å². The number of carbonyl (C=O) groups is 2. The Morgan fingerprint density at radius 3 is 2.80 bits per heavy atom. The maximum absolute atomic E-state index is 11.6. The molecular weight excluding hydrogens is 262 g/mol. The first-order chi connectivity index (χ1) is 9.65. The number of aryl methyl sites for hydroxylation is 1. The summed E-state index contributed by atoms with van der Waals surface area (Å²) in [7, 11) is 0. The molecule has 2 rings (SSSR count). The molecule has 0 saturated heterocycles. The van der Waals surface area contributed by atoms with Gasteiger partial charge in [0.2, 0.25) is 5.91 Å². The third-order valence-electron chi connectivity index (χ3n) is 2.57. The number of carbonyl (C=O) groups excluding carboxylic acids is 1. The summed E-state index contributed by atoms with van der Waals surface area (Å²) in [5.74, 6) is -1.20. The fourth-order valence-electron chi connectivity index (χ4n) is 1.51. The second kappa shape index (κ2) is 6.41. The molecular formula is C12H13N5O3. The molecule has 0 fully saturated rings. The molecule has 0 bridgehead atoms. The van der Waals surface area contributed by atoms with Crippen LogP contribution in [0.1, 0.15) is 22.5 Å². The smallest absolute Gasteiger partial charge is 0.354 e. The van der Waals surface area contributed by atoms with Crippen LogP contribution in [0.3, 0.4) is 0 Å². The zero-order valence-corrected chi connectivity index (χ0v) is 10.6. The van der Waals surface area contributed by atoms with Crippen molar-refractivity contribution < 1.29 is 14.7 Å². The minimum atomic E-state index is -1.08. The van der Waals surface area contributed by atoms with E-state index in [1.807, 2.05) is 0 Å². The van der Waals surface area contributed by atoms with E-state index in [0.29, 0.717) is 19.5 Å². The second-order valence-corrected chi connectivity index (χ2v) is 4.05. The van der Waals surface area contributed by atoms with Crippen LogP contribution in [-0.2, 0) is 17.9 Å². The van der Waals surface area contributed by atoms with Crippen LogP contribution < -0.4 is 5.32 Å². The molecule has 104 valence electrons. The van der Waals surface area contributed by atoms with Crippen molar-refractivity contribution in [3.63, 3.8) is 0 Å². The van der Waals surface area contributed by atoms with E-state index < -0.39 is 5.97 Å². The van der Waals surface area contributed by atoms with E-state index in [1.54, 1.807) is 23.1 Å². The molecule has 1 amide bonds. The lowest BCUT2D eigenvalue weighted by atomic mass is 10.2. The number of amides is 1. The molecule has 0 aliphatic heterocycles. The number of nitrogens with one attached hydrogen (secondary N) is 1. The van der Waals surface area contributed by atoms with Gasteiger partial charge in [0, 0.05) is 25.4 Å². The summed E-state index contributed by atoms with van der Waals surface area (Å²) in [5, 5.41) is 18.8. The third-order valence-corrected chi connectivity index (χ3v) is 2.57. The van der Waals surface area contributed by atoms with Gasteiger partial charge >= 0.3 is 5.97 Å². The van der Waals surface area contributed by atoms with Crippen LogP contribution in [0.4, 0.5) is 0 Å². The van der Waals surface area contributed by atoms with Gasteiger partial charge in [-0.3, -0.25) is 9.48 Å². The number of carboxylic acids is 1. The van der Waals surface area contributed by atoms with Crippen LogP contribution in [0.15, 0.2) is 30.7 Å². The van der Waals surface area contributed by atoms with Crippen molar-refractivity contribution >= 4 is 11.9 Å². The van der Waals surface area contributed by atoms with Crippen LogP contribution in [0, 0.1) is 0 Å². The highest BCUT2D eigenvalue weighted by Gasteiger charge is 2.05. The number of rotatable bonds is 6. The molecule has 0 aromatic carbocycles. The lowest BCUT2D eigenvalue weighted by Crippen LogP contribution is -2.24. The molecule has 0 aliphatic carbocycles. The summed E-state index contributed by atoms with van der Waals surface area (Å²) in [6.45, 7) is 0.769. The van der Waals surface area contributed by atoms with Crippen molar-refractivity contribution in [2.45, 2.75) is 19.5 Å². The Bertz CT molecular complexity index is 580. The van der Waals surface area contributed by atoms with Gasteiger partial charge in [0.15, 0.2) is 0 Å². The lowest BCUT2D eigenvalue weighted by Gasteiger charge is -2.05. The molecule has 8 nitrogen and oxygen atoms in total. The standard InChI is InChI=1S/C12H13N5O3/c18-11(3-5-17-6-4-15-16-17)14-8-9-1-2-10(12(19)20)13-7-9/h1-2,4,6-7H,3,5,8H2,(H,14,18)(H,19,20). The van der Waals surface area contributed by atoms with Gasteiger partial charge in [0.25, 0.3) is 0 Å². The van der Waals surface area contributed by atoms with Crippen LogP contribution in [0.25, 0.3) is 0 Å². The molecule has 2 heterocycles. The van der Waals surface area contributed by atoms with Crippen LogP contribution in [-0.4, -0.2) is 37.0 Å². The van der Waals surface area contributed by atoms with E-state index in [1.165, 1.54) is 12.3 Å². The number of aromatic carboxylic acids is 1. The van der Waals surface area contributed by atoms with Crippen molar-refractivity contribution in [3.05, 3.63) is 42.0 Å². The molecule has 2 aromatic rings. The number of nitrogens with zero attached hydrogens (tertiary/aromatic N) is 4. The highest BCUT2D eigenvalue weighted by molar-refractivity contribution is 5.85. The van der Waals surface area contributed by atoms with E-state index in [2.05, 4.69) is 20.6 Å². The van der Waals surface area contributed by atoms with Gasteiger partial charge in [-0.25, -0.2) is 9.78 Å². The maximum Gasteiger partial charge on any atom is 0.354 e. The molecule has 2 N–H and O–H groups in total. The summed E-state index contributed by atoms with van der Waals surface area (Å²) >= 11 is 0. The summed E-state index contributed by atoms with van der Waals surface area (Å²) in [4.78, 5) is 26.0. The first-order valence-electron chi connectivity index (χ1n) is 5.94. The molecule has 0 unspecified atom stereocenters. The summed E-state index contributed by atoms with van der Waals surface area (Å²) < 4.78 is 1.57. The minimum Gasteiger partial charge on any atom is -0.477 e. The first kappa shape index (κ1) is 13.7. The molecule has 2 aromatic heterocycles. The second-order valence-electron chi connectivity index (χ2n) is 4.05. The largest absolute Gasteiger partial charge is 0.477 e. The average Bonchev–Trinajstić information content (AvgIpc) is 2.96. The van der Waals surface area contributed by atoms with Gasteiger partial charge in [-0.05, 0) is 11.6 Å². The highest BCUT2D eigenvalue weighted by Crippen LogP contribution is 2.00. The molecule has 0 radical (unpaired) electrons. The molecule has 0 atom stereocenters. The summed E-state index contributed by atoms with van der Waals surface area (Å²) in [5.41, 5.74) is 0.718. The predicted octanol–water partition coefficient (Wildman–Crippen LogP) is 0.0778. The van der Waals surface area contributed by atoms with Crippen LogP contribution in [0.5, 0.6) is 0 Å². The lowest BCUT2D eigenvalue weighted by molar-refractivity contribution is -0.121. The Kier molecular flexibility index (Phi) is 4.38. The topological polar surface area (TPSA) is 110 Å². The monoisotopic (exact) mass is 275 g/mol. The Morgan fingerprint density at radius 1 is 1.35 bits per heavy atom. The first-order valence-corrected chi connectivity index (χ1v) is 5.94. The summed E-state index contributed by atoms with van der Waals surface area (Å²) in [6, 6.07) is 3.02. The van der Waals surface area contributed by atoms with Gasteiger partial charge < -0.3 is 10.4 Å². The van der Waals surface area contributed by atoms with E-state index in [0.717, 1.165) is 5.56 Å². The fraction of sp³-hybridized carbons (Fsp3) is 0.250. The summed E-state index contributed by atoms with van der Waals surface area (Å²) in [6.07, 6.45) is 4.96. The van der Waals surface area contributed by atoms with E-state index in [4.69, 9.17) is 5.11 Å². The van der Waals surface area contributed by atoms with E-state index in [-0.39, 0.29) is 11.6 Å². The average molecular weight is 275 g/mol. The zero-order chi connectivity index (χ0) is 14.4. The molecule has 0 aliphatic rings. The highest BCUT2D eigenvalue weighted by atomic mass is 16.4. The minimum absolute atomic E-state index is 0.0220. The van der Waals surface area contributed by atoms with Crippen LogP contribution >= 0.6 is 0 Å². The van der Waals surface area contributed by atoms with Crippen molar-refractivity contribution in [1.29, 1.82) is 0 Å². The number of hydrogen-bond acceptors (Lipinski definition) is 5. The molecule has 0 spiro atoms. The van der Waals surface area contributed by atoms with Gasteiger partial charge in [-0.2, -0.15) is 0 Å². The van der Waals surface area contributed by atoms with Crippen molar-refractivity contribution in [3.8, 4) is 0 Å². The number of carboxylic acid groups (broad SMARTS) is 1. The van der Waals surface area contributed by atoms with Gasteiger partial charge in [0.05, 0.1) is 12.7 Å². The van der Waals surface area contributed by atoms with Crippen molar-refractivity contribution in [2.75, 3.05) is 0 Å². The van der Waals surface area contributed by atoms with Crippen molar-refractivity contribution in [1.82, 2.24) is 25.3 Å².